The number of ether oxygens (including phenoxy) is 1. The lowest BCUT2D eigenvalue weighted by molar-refractivity contribution is -0.119. The summed E-state index contributed by atoms with van der Waals surface area (Å²) < 4.78 is 4.52. The van der Waals surface area contributed by atoms with E-state index in [2.05, 4.69) is 15.0 Å². The number of aliphatic hydroxyl groups excluding tert-OH is 2. The summed E-state index contributed by atoms with van der Waals surface area (Å²) in [5.74, 6) is -0.748. The van der Waals surface area contributed by atoms with Crippen LogP contribution in [0.4, 0.5) is 0 Å². The third-order valence-electron chi connectivity index (χ3n) is 2.63. The second-order valence-corrected chi connectivity index (χ2v) is 4.12. The van der Waals surface area contributed by atoms with Crippen molar-refractivity contribution in [2.24, 2.45) is 0 Å². The summed E-state index contributed by atoms with van der Waals surface area (Å²) in [6.07, 6.45) is -0.533. The summed E-state index contributed by atoms with van der Waals surface area (Å²) in [6, 6.07) is 1.41. The molecule has 0 aliphatic carbocycles. The number of rotatable bonds is 6. The second kappa shape index (κ2) is 6.91. The first-order valence-electron chi connectivity index (χ1n) is 5.83. The van der Waals surface area contributed by atoms with Crippen LogP contribution in [0.5, 0.6) is 0 Å². The van der Waals surface area contributed by atoms with Crippen molar-refractivity contribution in [1.29, 1.82) is 0 Å². The topological polar surface area (TPSA) is 112 Å². The summed E-state index contributed by atoms with van der Waals surface area (Å²) >= 11 is 0. The molecule has 2 unspecified atom stereocenters. The normalized spacial score (nSPS) is 13.7. The molecule has 0 fully saturated rings. The lowest BCUT2D eigenvalue weighted by Crippen LogP contribution is -2.27. The van der Waals surface area contributed by atoms with Gasteiger partial charge in [0.2, 0.25) is 5.91 Å². The SMILES string of the molecule is COC(=O)c1cc(C(O)C(O)CCNC(C)=O)c[nH]1. The first kappa shape index (κ1) is 15.2. The van der Waals surface area contributed by atoms with Crippen LogP contribution in [0.15, 0.2) is 12.3 Å². The lowest BCUT2D eigenvalue weighted by Gasteiger charge is -2.16. The third kappa shape index (κ3) is 4.38. The van der Waals surface area contributed by atoms with E-state index in [-0.39, 0.29) is 24.6 Å². The van der Waals surface area contributed by atoms with Gasteiger partial charge in [0.1, 0.15) is 11.8 Å². The average Bonchev–Trinajstić information content (AvgIpc) is 2.85. The Morgan fingerprint density at radius 1 is 1.47 bits per heavy atom. The number of carbonyl (C=O) groups is 2. The average molecular weight is 270 g/mol. The fourth-order valence-electron chi connectivity index (χ4n) is 1.59. The highest BCUT2D eigenvalue weighted by atomic mass is 16.5. The van der Waals surface area contributed by atoms with Gasteiger partial charge in [-0.2, -0.15) is 0 Å². The Balaban J connectivity index is 2.56. The van der Waals surface area contributed by atoms with Gasteiger partial charge in [0.05, 0.1) is 13.2 Å². The Morgan fingerprint density at radius 3 is 2.74 bits per heavy atom. The summed E-state index contributed by atoms with van der Waals surface area (Å²) in [4.78, 5) is 24.5. The first-order chi connectivity index (χ1) is 8.95. The van der Waals surface area contributed by atoms with Crippen LogP contribution in [0.1, 0.15) is 35.5 Å². The maximum Gasteiger partial charge on any atom is 0.354 e. The van der Waals surface area contributed by atoms with Gasteiger partial charge in [-0.25, -0.2) is 4.79 Å². The number of nitrogens with one attached hydrogen (secondary N) is 2. The summed E-state index contributed by atoms with van der Waals surface area (Å²) in [7, 11) is 1.25. The lowest BCUT2D eigenvalue weighted by atomic mass is 10.0. The molecule has 1 aromatic rings. The molecule has 1 rings (SSSR count). The van der Waals surface area contributed by atoms with Gasteiger partial charge in [-0.15, -0.1) is 0 Å². The zero-order valence-electron chi connectivity index (χ0n) is 10.8. The minimum absolute atomic E-state index is 0.198. The summed E-state index contributed by atoms with van der Waals surface area (Å²) in [6.45, 7) is 1.64. The number of methoxy groups -OCH3 is 1. The standard InChI is InChI=1S/C12H18N2O5/c1-7(15)13-4-3-10(16)11(17)8-5-9(14-6-8)12(18)19-2/h5-6,10-11,14,16-17H,3-4H2,1-2H3,(H,13,15). The molecule has 106 valence electrons. The van der Waals surface area contributed by atoms with Crippen LogP contribution in [0, 0.1) is 0 Å². The van der Waals surface area contributed by atoms with E-state index in [4.69, 9.17) is 0 Å². The van der Waals surface area contributed by atoms with Gasteiger partial charge in [0.25, 0.3) is 0 Å². The van der Waals surface area contributed by atoms with Gasteiger partial charge in [-0.1, -0.05) is 0 Å². The van der Waals surface area contributed by atoms with Crippen molar-refractivity contribution < 1.29 is 24.5 Å². The molecular weight excluding hydrogens is 252 g/mol. The monoisotopic (exact) mass is 270 g/mol. The van der Waals surface area contributed by atoms with Gasteiger partial charge >= 0.3 is 5.97 Å². The molecular formula is C12H18N2O5. The van der Waals surface area contributed by atoms with Crippen LogP contribution in [-0.4, -0.2) is 46.8 Å². The molecule has 2 atom stereocenters. The Hall–Kier alpha value is -1.86. The third-order valence-corrected chi connectivity index (χ3v) is 2.63. The molecule has 0 spiro atoms. The molecule has 0 aliphatic heterocycles. The molecule has 1 heterocycles. The van der Waals surface area contributed by atoms with Gasteiger partial charge in [0.15, 0.2) is 0 Å². The van der Waals surface area contributed by atoms with Gasteiger partial charge in [-0.05, 0) is 12.5 Å². The smallest absolute Gasteiger partial charge is 0.354 e. The Bertz CT molecular complexity index is 443. The number of amides is 1. The van der Waals surface area contributed by atoms with Crippen LogP contribution in [0.2, 0.25) is 0 Å². The van der Waals surface area contributed by atoms with Crippen LogP contribution in [0.3, 0.4) is 0 Å². The number of carbonyl (C=O) groups excluding carboxylic acids is 2. The number of aromatic nitrogens is 1. The van der Waals surface area contributed by atoms with E-state index in [1.54, 1.807) is 0 Å². The first-order valence-corrected chi connectivity index (χ1v) is 5.83. The minimum atomic E-state index is -1.14. The van der Waals surface area contributed by atoms with E-state index in [1.165, 1.54) is 26.3 Å². The van der Waals surface area contributed by atoms with Crippen molar-refractivity contribution in [2.75, 3.05) is 13.7 Å². The number of hydrogen-bond acceptors (Lipinski definition) is 5. The zero-order chi connectivity index (χ0) is 14.4. The van der Waals surface area contributed by atoms with E-state index < -0.39 is 18.2 Å². The Labute approximate surface area is 110 Å². The summed E-state index contributed by atoms with van der Waals surface area (Å²) in [5.41, 5.74) is 0.585. The number of H-pyrrole nitrogens is 1. The van der Waals surface area contributed by atoms with Gasteiger partial charge < -0.3 is 25.3 Å². The fourth-order valence-corrected chi connectivity index (χ4v) is 1.59. The van der Waals surface area contributed by atoms with Gasteiger partial charge in [-0.3, -0.25) is 4.79 Å². The molecule has 0 aliphatic rings. The van der Waals surface area contributed by atoms with Crippen molar-refractivity contribution in [3.63, 3.8) is 0 Å². The highest BCUT2D eigenvalue weighted by Crippen LogP contribution is 2.19. The highest BCUT2D eigenvalue weighted by Gasteiger charge is 2.20. The second-order valence-electron chi connectivity index (χ2n) is 4.12. The predicted octanol–water partition coefficient (Wildman–Crippen LogP) is -0.278. The van der Waals surface area contributed by atoms with Crippen molar-refractivity contribution in [2.45, 2.75) is 25.6 Å². The molecule has 4 N–H and O–H groups in total. The van der Waals surface area contributed by atoms with Gasteiger partial charge in [0, 0.05) is 25.2 Å². The number of aromatic amines is 1. The number of hydrogen-bond donors (Lipinski definition) is 4. The maximum absolute atomic E-state index is 11.2. The van der Waals surface area contributed by atoms with Crippen molar-refractivity contribution >= 4 is 11.9 Å². The van der Waals surface area contributed by atoms with Crippen molar-refractivity contribution in [3.8, 4) is 0 Å². The van der Waals surface area contributed by atoms with E-state index in [0.29, 0.717) is 5.56 Å². The fraction of sp³-hybridized carbons (Fsp3) is 0.500. The van der Waals surface area contributed by atoms with E-state index in [1.807, 2.05) is 0 Å². The highest BCUT2D eigenvalue weighted by molar-refractivity contribution is 5.87. The molecule has 19 heavy (non-hydrogen) atoms. The molecule has 0 radical (unpaired) electrons. The van der Waals surface area contributed by atoms with E-state index in [0.717, 1.165) is 0 Å². The molecule has 0 saturated carbocycles. The Kier molecular flexibility index (Phi) is 5.53. The molecule has 1 amide bonds. The number of esters is 1. The van der Waals surface area contributed by atoms with E-state index in [9.17, 15) is 19.8 Å². The molecule has 0 saturated heterocycles. The molecule has 7 nitrogen and oxygen atoms in total. The van der Waals surface area contributed by atoms with Crippen LogP contribution in [-0.2, 0) is 9.53 Å². The molecule has 0 aromatic carbocycles. The maximum atomic E-state index is 11.2. The molecule has 0 bridgehead atoms. The van der Waals surface area contributed by atoms with Crippen molar-refractivity contribution in [3.05, 3.63) is 23.5 Å². The van der Waals surface area contributed by atoms with Crippen molar-refractivity contribution in [1.82, 2.24) is 10.3 Å². The number of aliphatic hydroxyl groups is 2. The molecule has 7 heteroatoms. The van der Waals surface area contributed by atoms with Crippen LogP contribution >= 0.6 is 0 Å². The quantitative estimate of drug-likeness (QED) is 0.531. The Morgan fingerprint density at radius 2 is 2.16 bits per heavy atom. The van der Waals surface area contributed by atoms with Crippen LogP contribution in [0.25, 0.3) is 0 Å². The van der Waals surface area contributed by atoms with Crippen LogP contribution < -0.4 is 5.32 Å². The predicted molar refractivity (Wildman–Crippen MR) is 66.4 cm³/mol. The zero-order valence-corrected chi connectivity index (χ0v) is 10.8. The largest absolute Gasteiger partial charge is 0.464 e. The molecule has 1 aromatic heterocycles. The van der Waals surface area contributed by atoms with E-state index >= 15 is 0 Å². The summed E-state index contributed by atoms with van der Waals surface area (Å²) in [5, 5.41) is 22.2. The minimum Gasteiger partial charge on any atom is -0.464 e.